The van der Waals surface area contributed by atoms with Gasteiger partial charge in [0.05, 0.1) is 25.4 Å². The lowest BCUT2D eigenvalue weighted by Gasteiger charge is -2.40. The van der Waals surface area contributed by atoms with Gasteiger partial charge in [-0.2, -0.15) is 0 Å². The van der Waals surface area contributed by atoms with Crippen LogP contribution in [0, 0.1) is 0 Å². The molecule has 7 unspecified atom stereocenters. The van der Waals surface area contributed by atoms with E-state index in [1.54, 1.807) is 6.08 Å². The summed E-state index contributed by atoms with van der Waals surface area (Å²) in [6.07, 6.45) is 81.4. The average Bonchev–Trinajstić information content (AvgIpc) is 3.46. The number of carbonyl (C=O) groups is 1. The first-order chi connectivity index (χ1) is 39.3. The molecule has 1 heterocycles. The molecular formula is C71H121NO8. The molecular weight excluding hydrogens is 995 g/mol. The summed E-state index contributed by atoms with van der Waals surface area (Å²) in [6.45, 7) is 3.65. The SMILES string of the molecule is CC/C=C\C/C=C\C/C=C\C/C=C\C/C=C\C/C=C\C/C=C\C/C=C\CCCCCCCCC(=O)NC(COC1OC(CO)C(O)C(O)C1O)C(O)/C=C/CC/C=C/CCCCCCCCCCCCCCCCCCCCCC. The second-order valence-electron chi connectivity index (χ2n) is 22.2. The van der Waals surface area contributed by atoms with Gasteiger partial charge >= 0.3 is 0 Å². The zero-order valence-electron chi connectivity index (χ0n) is 51.0. The van der Waals surface area contributed by atoms with E-state index >= 15 is 0 Å². The molecule has 1 rings (SSSR count). The van der Waals surface area contributed by atoms with E-state index in [9.17, 15) is 30.3 Å². The third kappa shape index (κ3) is 47.1. The van der Waals surface area contributed by atoms with Gasteiger partial charge < -0.3 is 40.3 Å². The number of hydrogen-bond donors (Lipinski definition) is 6. The summed E-state index contributed by atoms with van der Waals surface area (Å²) in [7, 11) is 0. The summed E-state index contributed by atoms with van der Waals surface area (Å²) < 4.78 is 11.3. The average molecular weight is 1120 g/mol. The highest BCUT2D eigenvalue weighted by Crippen LogP contribution is 2.23. The monoisotopic (exact) mass is 1120 g/mol. The van der Waals surface area contributed by atoms with Gasteiger partial charge in [-0.15, -0.1) is 0 Å². The molecule has 0 aromatic carbocycles. The highest BCUT2D eigenvalue weighted by Gasteiger charge is 2.44. The van der Waals surface area contributed by atoms with E-state index in [0.29, 0.717) is 6.42 Å². The standard InChI is InChI=1S/C71H121NO8/c1-3-5-7-9-11-13-15-17-19-21-23-25-27-29-31-32-33-34-35-37-39-41-43-45-47-49-51-53-55-57-59-61-67(75)72-64(63-79-71-70(78)69(77)68(76)66(62-73)80-71)65(74)60-58-56-54-52-50-48-46-44-42-40-38-36-30-28-26-24-22-20-18-16-14-12-10-8-6-4-2/h5,7,11,13,17,19,23,25,29,31,33-34,37,39,43,45,50,52,58,60,64-66,68-71,73-74,76-78H,3-4,6,8-10,12,14-16,18,20-22,24,26-28,30,32,35-36,38,40-42,44,46-49,51,53-57,59,61-63H2,1-2H3,(H,72,75)/b7-5-,13-11-,19-17-,25-23-,31-29-,34-33-,39-37-,45-43-,52-50+,60-58+. The molecule has 0 bridgehead atoms. The van der Waals surface area contributed by atoms with Crippen molar-refractivity contribution in [3.63, 3.8) is 0 Å². The van der Waals surface area contributed by atoms with Crippen LogP contribution in [0.1, 0.15) is 264 Å². The Balaban J connectivity index is 2.23. The second-order valence-corrected chi connectivity index (χ2v) is 22.2. The molecule has 1 fully saturated rings. The minimum atomic E-state index is -1.58. The Morgan fingerprint density at radius 2 is 0.787 bits per heavy atom. The number of nitrogens with one attached hydrogen (secondary N) is 1. The lowest BCUT2D eigenvalue weighted by atomic mass is 9.99. The number of aliphatic hydroxyl groups is 5. The third-order valence-corrected chi connectivity index (χ3v) is 14.8. The third-order valence-electron chi connectivity index (χ3n) is 14.8. The fourth-order valence-corrected chi connectivity index (χ4v) is 9.66. The smallest absolute Gasteiger partial charge is 0.220 e. The lowest BCUT2D eigenvalue weighted by molar-refractivity contribution is -0.302. The summed E-state index contributed by atoms with van der Waals surface area (Å²) in [4.78, 5) is 13.1. The first-order valence-corrected chi connectivity index (χ1v) is 32.8. The number of hydrogen-bond acceptors (Lipinski definition) is 8. The van der Waals surface area contributed by atoms with Crippen LogP contribution in [0.2, 0.25) is 0 Å². The predicted molar refractivity (Wildman–Crippen MR) is 340 cm³/mol. The molecule has 1 amide bonds. The number of allylic oxidation sites excluding steroid dienone is 19. The van der Waals surface area contributed by atoms with Crippen LogP contribution in [0.4, 0.5) is 0 Å². The Labute approximate surface area is 490 Å². The van der Waals surface area contributed by atoms with Crippen molar-refractivity contribution >= 4 is 5.91 Å². The number of carbonyl (C=O) groups excluding carboxylic acids is 1. The number of unbranched alkanes of at least 4 members (excludes halogenated alkanes) is 27. The molecule has 0 aromatic heterocycles. The van der Waals surface area contributed by atoms with Crippen LogP contribution in [0.25, 0.3) is 0 Å². The minimum Gasteiger partial charge on any atom is -0.394 e. The van der Waals surface area contributed by atoms with Crippen molar-refractivity contribution in [3.05, 3.63) is 122 Å². The van der Waals surface area contributed by atoms with Crippen LogP contribution >= 0.6 is 0 Å². The Morgan fingerprint density at radius 3 is 1.20 bits per heavy atom. The van der Waals surface area contributed by atoms with E-state index in [4.69, 9.17) is 9.47 Å². The number of ether oxygens (including phenoxy) is 2. The van der Waals surface area contributed by atoms with Crippen molar-refractivity contribution in [2.45, 2.75) is 307 Å². The molecule has 0 spiro atoms. The largest absolute Gasteiger partial charge is 0.394 e. The first kappa shape index (κ1) is 74.6. The van der Waals surface area contributed by atoms with Crippen molar-refractivity contribution < 1.29 is 39.8 Å². The highest BCUT2D eigenvalue weighted by atomic mass is 16.7. The molecule has 0 saturated carbocycles. The van der Waals surface area contributed by atoms with Crippen molar-refractivity contribution in [2.75, 3.05) is 13.2 Å². The van der Waals surface area contributed by atoms with E-state index in [2.05, 4.69) is 129 Å². The quantitative estimate of drug-likeness (QED) is 0.0261. The maximum absolute atomic E-state index is 13.1. The molecule has 6 N–H and O–H groups in total. The van der Waals surface area contributed by atoms with E-state index in [1.165, 1.54) is 128 Å². The molecule has 80 heavy (non-hydrogen) atoms. The lowest BCUT2D eigenvalue weighted by Crippen LogP contribution is -2.60. The molecule has 1 aliphatic rings. The van der Waals surface area contributed by atoms with E-state index in [-0.39, 0.29) is 12.5 Å². The van der Waals surface area contributed by atoms with Gasteiger partial charge in [-0.25, -0.2) is 0 Å². The normalized spacial score (nSPS) is 19.3. The summed E-state index contributed by atoms with van der Waals surface area (Å²) in [6, 6.07) is -0.841. The van der Waals surface area contributed by atoms with Crippen LogP contribution < -0.4 is 5.32 Å². The second kappa shape index (κ2) is 58.8. The molecule has 1 aliphatic heterocycles. The van der Waals surface area contributed by atoms with Crippen molar-refractivity contribution in [1.82, 2.24) is 5.32 Å². The molecule has 9 nitrogen and oxygen atoms in total. The van der Waals surface area contributed by atoms with Crippen molar-refractivity contribution in [1.29, 1.82) is 0 Å². The highest BCUT2D eigenvalue weighted by molar-refractivity contribution is 5.76. The Bertz CT molecular complexity index is 1670. The van der Waals surface area contributed by atoms with Gasteiger partial charge in [-0.1, -0.05) is 283 Å². The Kier molecular flexibility index (Phi) is 54.8. The van der Waals surface area contributed by atoms with Crippen LogP contribution in [-0.4, -0.2) is 87.5 Å². The maximum Gasteiger partial charge on any atom is 0.220 e. The van der Waals surface area contributed by atoms with Gasteiger partial charge in [0.25, 0.3) is 0 Å². The summed E-state index contributed by atoms with van der Waals surface area (Å²) in [5, 5.41) is 54.7. The molecule has 0 radical (unpaired) electrons. The van der Waals surface area contributed by atoms with E-state index < -0.39 is 49.5 Å². The first-order valence-electron chi connectivity index (χ1n) is 32.8. The topological polar surface area (TPSA) is 149 Å². The van der Waals surface area contributed by atoms with E-state index in [1.807, 2.05) is 6.08 Å². The molecule has 0 aromatic rings. The van der Waals surface area contributed by atoms with E-state index in [0.717, 1.165) is 116 Å². The fraction of sp³-hybridized carbons (Fsp3) is 0.704. The molecule has 7 atom stereocenters. The number of amides is 1. The summed E-state index contributed by atoms with van der Waals surface area (Å²) in [5.74, 6) is -0.204. The zero-order valence-corrected chi connectivity index (χ0v) is 51.0. The molecule has 0 aliphatic carbocycles. The predicted octanol–water partition coefficient (Wildman–Crippen LogP) is 17.5. The van der Waals surface area contributed by atoms with Crippen molar-refractivity contribution in [3.8, 4) is 0 Å². The maximum atomic E-state index is 13.1. The zero-order chi connectivity index (χ0) is 57.9. The van der Waals surface area contributed by atoms with Gasteiger partial charge in [0.1, 0.15) is 24.4 Å². The van der Waals surface area contributed by atoms with Gasteiger partial charge in [0.15, 0.2) is 6.29 Å². The molecule has 458 valence electrons. The fourth-order valence-electron chi connectivity index (χ4n) is 9.66. The minimum absolute atomic E-state index is 0.204. The van der Waals surface area contributed by atoms with Crippen LogP contribution in [0.15, 0.2) is 122 Å². The van der Waals surface area contributed by atoms with Gasteiger partial charge in [0, 0.05) is 6.42 Å². The van der Waals surface area contributed by atoms with Gasteiger partial charge in [-0.05, 0) is 96.3 Å². The summed E-state index contributed by atoms with van der Waals surface area (Å²) in [5.41, 5.74) is 0. The Morgan fingerprint density at radius 1 is 0.438 bits per heavy atom. The van der Waals surface area contributed by atoms with Crippen LogP contribution in [-0.2, 0) is 14.3 Å². The van der Waals surface area contributed by atoms with Gasteiger partial charge in [-0.3, -0.25) is 4.79 Å². The van der Waals surface area contributed by atoms with Crippen molar-refractivity contribution in [2.24, 2.45) is 0 Å². The van der Waals surface area contributed by atoms with Crippen LogP contribution in [0.5, 0.6) is 0 Å². The van der Waals surface area contributed by atoms with Gasteiger partial charge in [0.2, 0.25) is 5.91 Å². The number of aliphatic hydroxyl groups excluding tert-OH is 5. The molecule has 1 saturated heterocycles. The number of rotatable bonds is 55. The summed E-state index contributed by atoms with van der Waals surface area (Å²) >= 11 is 0. The van der Waals surface area contributed by atoms with Crippen LogP contribution in [0.3, 0.4) is 0 Å². The molecule has 9 heteroatoms. The Hall–Kier alpha value is -3.41.